The van der Waals surface area contributed by atoms with E-state index < -0.39 is 5.41 Å². The van der Waals surface area contributed by atoms with E-state index in [-0.39, 0.29) is 0 Å². The van der Waals surface area contributed by atoms with Gasteiger partial charge in [0.2, 0.25) is 0 Å². The van der Waals surface area contributed by atoms with Gasteiger partial charge in [-0.2, -0.15) is 0 Å². The van der Waals surface area contributed by atoms with Crippen LogP contribution in [-0.4, -0.2) is 0 Å². The number of anilines is 3. The number of para-hydroxylation sites is 1. The lowest BCUT2D eigenvalue weighted by Crippen LogP contribution is -2.26. The molecule has 0 heterocycles. The van der Waals surface area contributed by atoms with Gasteiger partial charge in [-0.15, -0.1) is 0 Å². The Morgan fingerprint density at radius 2 is 0.661 bits per heavy atom. The van der Waals surface area contributed by atoms with Gasteiger partial charge >= 0.3 is 0 Å². The minimum atomic E-state index is -0.396. The topological polar surface area (TPSA) is 3.24 Å². The minimum Gasteiger partial charge on any atom is -0.310 e. The molecular formula is C55H35N. The molecule has 10 aromatic rings. The van der Waals surface area contributed by atoms with Crippen LogP contribution in [0.25, 0.3) is 65.7 Å². The largest absolute Gasteiger partial charge is 0.310 e. The highest BCUT2D eigenvalue weighted by atomic mass is 15.1. The minimum absolute atomic E-state index is 0.396. The number of hydrogen-bond acceptors (Lipinski definition) is 1. The average molecular weight is 710 g/mol. The summed E-state index contributed by atoms with van der Waals surface area (Å²) >= 11 is 0. The first-order chi connectivity index (χ1) is 27.8. The van der Waals surface area contributed by atoms with Crippen LogP contribution in [0.1, 0.15) is 22.3 Å². The van der Waals surface area contributed by atoms with Gasteiger partial charge in [0, 0.05) is 17.1 Å². The molecule has 0 aromatic heterocycles. The lowest BCUT2D eigenvalue weighted by atomic mass is 9.70. The van der Waals surface area contributed by atoms with Crippen molar-refractivity contribution >= 4 is 49.4 Å². The van der Waals surface area contributed by atoms with Crippen LogP contribution in [0, 0.1) is 0 Å². The average Bonchev–Trinajstić information content (AvgIpc) is 3.74. The van der Waals surface area contributed by atoms with Crippen LogP contribution < -0.4 is 4.90 Å². The first-order valence-corrected chi connectivity index (χ1v) is 19.5. The molecule has 0 bridgehead atoms. The maximum absolute atomic E-state index is 2.47. The molecule has 2 aliphatic rings. The predicted octanol–water partition coefficient (Wildman–Crippen LogP) is 14.6. The lowest BCUT2D eigenvalue weighted by molar-refractivity contribution is 0.793. The standard InChI is InChI=1S/C55H35N/c1-2-14-38(15-3-1)56(39-29-26-36(27-30-39)37-28-32-45-43-18-5-4-16-41(43)42-17-6-7-19-44(42)50(45)34-37)40-31-33-49-48-22-10-13-25-53(48)55(54(49)35-40)51-23-11-8-20-46(51)47-21-9-12-24-52(47)55/h1-35H. The van der Waals surface area contributed by atoms with E-state index >= 15 is 0 Å². The van der Waals surface area contributed by atoms with E-state index in [1.54, 1.807) is 0 Å². The van der Waals surface area contributed by atoms with Crippen molar-refractivity contribution in [1.82, 2.24) is 0 Å². The molecule has 12 rings (SSSR count). The van der Waals surface area contributed by atoms with Crippen molar-refractivity contribution in [2.45, 2.75) is 5.41 Å². The molecule has 0 saturated heterocycles. The first-order valence-electron chi connectivity index (χ1n) is 19.5. The summed E-state index contributed by atoms with van der Waals surface area (Å²) in [4.78, 5) is 2.41. The fraction of sp³-hybridized carbons (Fsp3) is 0.0182. The van der Waals surface area contributed by atoms with E-state index in [0.717, 1.165) is 17.1 Å². The molecule has 260 valence electrons. The van der Waals surface area contributed by atoms with Gasteiger partial charge in [-0.05, 0) is 130 Å². The number of rotatable bonds is 4. The molecule has 0 N–H and O–H groups in total. The molecule has 1 spiro atoms. The fourth-order valence-corrected chi connectivity index (χ4v) is 10.1. The Morgan fingerprint density at radius 1 is 0.250 bits per heavy atom. The second-order valence-corrected chi connectivity index (χ2v) is 15.2. The van der Waals surface area contributed by atoms with Gasteiger partial charge < -0.3 is 4.90 Å². The summed E-state index contributed by atoms with van der Waals surface area (Å²) in [6.45, 7) is 0. The van der Waals surface area contributed by atoms with Crippen LogP contribution >= 0.6 is 0 Å². The maximum atomic E-state index is 2.47. The summed E-state index contributed by atoms with van der Waals surface area (Å²) in [5, 5.41) is 7.76. The Morgan fingerprint density at radius 3 is 1.23 bits per heavy atom. The summed E-state index contributed by atoms with van der Waals surface area (Å²) in [5.41, 5.74) is 16.1. The zero-order valence-electron chi connectivity index (χ0n) is 30.7. The van der Waals surface area contributed by atoms with Gasteiger partial charge in [-0.3, -0.25) is 0 Å². The van der Waals surface area contributed by atoms with Gasteiger partial charge in [0.25, 0.3) is 0 Å². The third kappa shape index (κ3) is 4.26. The molecule has 0 atom stereocenters. The molecular weight excluding hydrogens is 675 g/mol. The highest BCUT2D eigenvalue weighted by molar-refractivity contribution is 6.25. The smallest absolute Gasteiger partial charge is 0.0726 e. The van der Waals surface area contributed by atoms with E-state index in [1.807, 2.05) is 0 Å². The van der Waals surface area contributed by atoms with Crippen molar-refractivity contribution in [2.24, 2.45) is 0 Å². The van der Waals surface area contributed by atoms with Crippen LogP contribution in [0.4, 0.5) is 17.1 Å². The third-order valence-electron chi connectivity index (χ3n) is 12.5. The maximum Gasteiger partial charge on any atom is 0.0726 e. The van der Waals surface area contributed by atoms with Crippen molar-refractivity contribution in [3.63, 3.8) is 0 Å². The molecule has 2 aliphatic carbocycles. The van der Waals surface area contributed by atoms with Gasteiger partial charge in [-0.1, -0.05) is 170 Å². The molecule has 0 unspecified atom stereocenters. The highest BCUT2D eigenvalue weighted by Gasteiger charge is 2.51. The summed E-state index contributed by atoms with van der Waals surface area (Å²) < 4.78 is 0. The predicted molar refractivity (Wildman–Crippen MR) is 235 cm³/mol. The Bertz CT molecular complexity index is 3090. The first kappa shape index (κ1) is 31.2. The van der Waals surface area contributed by atoms with Crippen LogP contribution in [-0.2, 0) is 5.41 Å². The van der Waals surface area contributed by atoms with E-state index in [0.29, 0.717) is 0 Å². The molecule has 0 radical (unpaired) electrons. The highest BCUT2D eigenvalue weighted by Crippen LogP contribution is 2.63. The Balaban J connectivity index is 1.02. The van der Waals surface area contributed by atoms with E-state index in [4.69, 9.17) is 0 Å². The molecule has 0 amide bonds. The Kier molecular flexibility index (Phi) is 6.62. The van der Waals surface area contributed by atoms with Crippen LogP contribution in [0.5, 0.6) is 0 Å². The summed E-state index contributed by atoms with van der Waals surface area (Å²) in [5.74, 6) is 0. The van der Waals surface area contributed by atoms with Crippen molar-refractivity contribution in [3.05, 3.63) is 235 Å². The molecule has 0 aliphatic heterocycles. The number of hydrogen-bond donors (Lipinski definition) is 0. The monoisotopic (exact) mass is 709 g/mol. The van der Waals surface area contributed by atoms with Crippen molar-refractivity contribution in [3.8, 4) is 33.4 Å². The molecule has 10 aromatic carbocycles. The molecule has 0 saturated carbocycles. The summed E-state index contributed by atoms with van der Waals surface area (Å²) in [7, 11) is 0. The van der Waals surface area contributed by atoms with Crippen LogP contribution in [0.3, 0.4) is 0 Å². The number of fused-ring (bicyclic) bond motifs is 16. The Hall–Kier alpha value is -7.22. The summed E-state index contributed by atoms with van der Waals surface area (Å²) in [6, 6.07) is 78.7. The second kappa shape index (κ2) is 11.9. The molecule has 1 heteroatoms. The Labute approximate surface area is 326 Å². The van der Waals surface area contributed by atoms with Gasteiger partial charge in [0.05, 0.1) is 5.41 Å². The summed E-state index contributed by atoms with van der Waals surface area (Å²) in [6.07, 6.45) is 0. The molecule has 56 heavy (non-hydrogen) atoms. The molecule has 0 fully saturated rings. The van der Waals surface area contributed by atoms with E-state index in [9.17, 15) is 0 Å². The van der Waals surface area contributed by atoms with Crippen molar-refractivity contribution in [2.75, 3.05) is 4.90 Å². The van der Waals surface area contributed by atoms with Gasteiger partial charge in [0.15, 0.2) is 0 Å². The number of nitrogens with zero attached hydrogens (tertiary/aromatic N) is 1. The third-order valence-corrected chi connectivity index (χ3v) is 12.5. The zero-order chi connectivity index (χ0) is 36.8. The lowest BCUT2D eigenvalue weighted by Gasteiger charge is -2.32. The SMILES string of the molecule is c1ccc(N(c2ccc(-c3ccc4c5ccccc5c5ccccc5c4c3)cc2)c2ccc3c(c2)C2(c4ccccc4-c4ccccc42)c2ccccc2-3)cc1. The number of benzene rings is 10. The van der Waals surface area contributed by atoms with Gasteiger partial charge in [-0.25, -0.2) is 0 Å². The van der Waals surface area contributed by atoms with Crippen molar-refractivity contribution < 1.29 is 0 Å². The van der Waals surface area contributed by atoms with Crippen LogP contribution in [0.15, 0.2) is 212 Å². The zero-order valence-corrected chi connectivity index (χ0v) is 30.7. The van der Waals surface area contributed by atoms with Gasteiger partial charge in [0.1, 0.15) is 0 Å². The van der Waals surface area contributed by atoms with Crippen LogP contribution in [0.2, 0.25) is 0 Å². The molecule has 1 nitrogen and oxygen atoms in total. The van der Waals surface area contributed by atoms with E-state index in [2.05, 4.69) is 217 Å². The fourth-order valence-electron chi connectivity index (χ4n) is 10.1. The van der Waals surface area contributed by atoms with Crippen molar-refractivity contribution in [1.29, 1.82) is 0 Å². The quantitative estimate of drug-likeness (QED) is 0.164. The normalized spacial score (nSPS) is 13.1. The van der Waals surface area contributed by atoms with E-state index in [1.165, 1.54) is 88.0 Å². The second-order valence-electron chi connectivity index (χ2n) is 15.2.